The third-order valence-electron chi connectivity index (χ3n) is 4.30. The summed E-state index contributed by atoms with van der Waals surface area (Å²) in [6.45, 7) is 14.1. The molecule has 2 rings (SSSR count). The van der Waals surface area contributed by atoms with Crippen LogP contribution in [0.5, 0.6) is 0 Å². The predicted octanol–water partition coefficient (Wildman–Crippen LogP) is 4.96. The van der Waals surface area contributed by atoms with Gasteiger partial charge in [0.15, 0.2) is 0 Å². The molecular weight excluding hydrogens is 324 g/mol. The number of nitrogens with zero attached hydrogens (tertiary/aromatic N) is 2. The SMILES string of the molecule is CCN(CC)c1ccc(Nc2ccc(NC(=O)C(C)(C)C)cn2)c(C)c1. The van der Waals surface area contributed by atoms with Crippen molar-refractivity contribution in [3.8, 4) is 0 Å². The van der Waals surface area contributed by atoms with Gasteiger partial charge in [0, 0.05) is 29.9 Å². The third kappa shape index (κ3) is 4.97. The molecule has 0 saturated heterocycles. The first-order valence-electron chi connectivity index (χ1n) is 9.14. The van der Waals surface area contributed by atoms with Crippen LogP contribution in [-0.4, -0.2) is 24.0 Å². The van der Waals surface area contributed by atoms with E-state index in [9.17, 15) is 4.79 Å². The fourth-order valence-electron chi connectivity index (χ4n) is 2.57. The van der Waals surface area contributed by atoms with Gasteiger partial charge in [0.05, 0.1) is 11.9 Å². The van der Waals surface area contributed by atoms with Crippen molar-refractivity contribution in [2.24, 2.45) is 5.41 Å². The van der Waals surface area contributed by atoms with Gasteiger partial charge in [-0.15, -0.1) is 0 Å². The van der Waals surface area contributed by atoms with Crippen molar-refractivity contribution in [1.29, 1.82) is 0 Å². The van der Waals surface area contributed by atoms with Crippen molar-refractivity contribution in [2.75, 3.05) is 28.6 Å². The number of rotatable bonds is 6. The summed E-state index contributed by atoms with van der Waals surface area (Å²) >= 11 is 0. The second-order valence-corrected chi connectivity index (χ2v) is 7.43. The quantitative estimate of drug-likeness (QED) is 0.769. The van der Waals surface area contributed by atoms with Crippen LogP contribution in [0.15, 0.2) is 36.5 Å². The Bertz CT molecular complexity index is 744. The number of amides is 1. The van der Waals surface area contributed by atoms with Crippen LogP contribution < -0.4 is 15.5 Å². The van der Waals surface area contributed by atoms with Crippen LogP contribution in [0.3, 0.4) is 0 Å². The smallest absolute Gasteiger partial charge is 0.229 e. The summed E-state index contributed by atoms with van der Waals surface area (Å²) < 4.78 is 0. The first-order chi connectivity index (χ1) is 12.2. The number of nitrogens with one attached hydrogen (secondary N) is 2. The second kappa shape index (κ2) is 8.21. The summed E-state index contributed by atoms with van der Waals surface area (Å²) in [5, 5.41) is 6.23. The predicted molar refractivity (Wildman–Crippen MR) is 110 cm³/mol. The molecule has 0 radical (unpaired) electrons. The fraction of sp³-hybridized carbons (Fsp3) is 0.429. The summed E-state index contributed by atoms with van der Waals surface area (Å²) in [4.78, 5) is 18.8. The van der Waals surface area contributed by atoms with Crippen LogP contribution in [0, 0.1) is 12.3 Å². The minimum atomic E-state index is -0.430. The normalized spacial score (nSPS) is 11.2. The van der Waals surface area contributed by atoms with Crippen molar-refractivity contribution < 1.29 is 4.79 Å². The first-order valence-corrected chi connectivity index (χ1v) is 9.14. The zero-order valence-electron chi connectivity index (χ0n) is 16.7. The zero-order valence-corrected chi connectivity index (χ0v) is 16.7. The van der Waals surface area contributed by atoms with Gasteiger partial charge >= 0.3 is 0 Å². The molecule has 1 aromatic carbocycles. The number of aromatic nitrogens is 1. The maximum absolute atomic E-state index is 12.0. The van der Waals surface area contributed by atoms with Crippen LogP contribution in [0.2, 0.25) is 0 Å². The Morgan fingerprint density at radius 2 is 1.81 bits per heavy atom. The number of hydrogen-bond acceptors (Lipinski definition) is 4. The van der Waals surface area contributed by atoms with Crippen molar-refractivity contribution in [2.45, 2.75) is 41.5 Å². The highest BCUT2D eigenvalue weighted by Gasteiger charge is 2.21. The Kier molecular flexibility index (Phi) is 6.24. The van der Waals surface area contributed by atoms with E-state index in [-0.39, 0.29) is 5.91 Å². The molecule has 0 saturated carbocycles. The van der Waals surface area contributed by atoms with Gasteiger partial charge < -0.3 is 15.5 Å². The van der Waals surface area contributed by atoms with Gasteiger partial charge in [-0.3, -0.25) is 4.79 Å². The minimum Gasteiger partial charge on any atom is -0.372 e. The maximum atomic E-state index is 12.0. The lowest BCUT2D eigenvalue weighted by molar-refractivity contribution is -0.123. The van der Waals surface area contributed by atoms with Gasteiger partial charge in [0.1, 0.15) is 5.82 Å². The van der Waals surface area contributed by atoms with Crippen molar-refractivity contribution in [1.82, 2.24) is 4.98 Å². The Morgan fingerprint density at radius 1 is 1.12 bits per heavy atom. The van der Waals surface area contributed by atoms with E-state index in [2.05, 4.69) is 59.5 Å². The van der Waals surface area contributed by atoms with E-state index >= 15 is 0 Å². The number of anilines is 4. The van der Waals surface area contributed by atoms with E-state index in [1.807, 2.05) is 32.9 Å². The number of carbonyl (C=O) groups is 1. The van der Waals surface area contributed by atoms with E-state index < -0.39 is 5.41 Å². The molecule has 2 aromatic rings. The summed E-state index contributed by atoms with van der Waals surface area (Å²) in [7, 11) is 0. The van der Waals surface area contributed by atoms with E-state index in [1.54, 1.807) is 6.20 Å². The lowest BCUT2D eigenvalue weighted by atomic mass is 9.96. The molecule has 2 N–H and O–H groups in total. The first kappa shape index (κ1) is 19.8. The number of pyridine rings is 1. The Morgan fingerprint density at radius 3 is 2.31 bits per heavy atom. The van der Waals surface area contributed by atoms with Crippen LogP contribution in [0.4, 0.5) is 22.9 Å². The van der Waals surface area contributed by atoms with E-state index in [0.717, 1.165) is 24.6 Å². The zero-order chi connectivity index (χ0) is 19.3. The highest BCUT2D eigenvalue weighted by Crippen LogP contribution is 2.25. The summed E-state index contributed by atoms with van der Waals surface area (Å²) in [5.74, 6) is 0.722. The molecule has 0 aliphatic carbocycles. The molecule has 0 bridgehead atoms. The lowest BCUT2D eigenvalue weighted by Crippen LogP contribution is -2.27. The van der Waals surface area contributed by atoms with Gasteiger partial charge in [-0.05, 0) is 56.7 Å². The van der Waals surface area contributed by atoms with Crippen LogP contribution in [0.25, 0.3) is 0 Å². The van der Waals surface area contributed by atoms with Crippen LogP contribution in [-0.2, 0) is 4.79 Å². The van der Waals surface area contributed by atoms with E-state index in [0.29, 0.717) is 5.69 Å². The number of aryl methyl sites for hydroxylation is 1. The van der Waals surface area contributed by atoms with Gasteiger partial charge in [0.2, 0.25) is 5.91 Å². The highest BCUT2D eigenvalue weighted by molar-refractivity contribution is 5.94. The summed E-state index contributed by atoms with van der Waals surface area (Å²) in [5.41, 5.74) is 3.69. The molecule has 5 nitrogen and oxygen atoms in total. The van der Waals surface area contributed by atoms with Crippen molar-refractivity contribution >= 4 is 28.8 Å². The van der Waals surface area contributed by atoms with Gasteiger partial charge in [-0.1, -0.05) is 20.8 Å². The highest BCUT2D eigenvalue weighted by atomic mass is 16.2. The molecule has 1 heterocycles. The van der Waals surface area contributed by atoms with Crippen LogP contribution >= 0.6 is 0 Å². The molecule has 140 valence electrons. The standard InChI is InChI=1S/C21H30N4O/c1-7-25(8-2)17-10-11-18(15(3)13-17)24-19-12-9-16(14-22-19)23-20(26)21(4,5)6/h9-14H,7-8H2,1-6H3,(H,22,24)(H,23,26). The van der Waals surface area contributed by atoms with E-state index in [1.165, 1.54) is 11.3 Å². The minimum absolute atomic E-state index is 0.0251. The molecule has 26 heavy (non-hydrogen) atoms. The monoisotopic (exact) mass is 354 g/mol. The molecule has 5 heteroatoms. The Hall–Kier alpha value is -2.56. The molecule has 0 fully saturated rings. The maximum Gasteiger partial charge on any atom is 0.229 e. The van der Waals surface area contributed by atoms with Gasteiger partial charge in [-0.2, -0.15) is 0 Å². The van der Waals surface area contributed by atoms with Crippen molar-refractivity contribution in [3.63, 3.8) is 0 Å². The van der Waals surface area contributed by atoms with Crippen molar-refractivity contribution in [3.05, 3.63) is 42.1 Å². The summed E-state index contributed by atoms with van der Waals surface area (Å²) in [6, 6.07) is 10.1. The molecular formula is C21H30N4O. The number of carbonyl (C=O) groups excluding carboxylic acids is 1. The van der Waals surface area contributed by atoms with Gasteiger partial charge in [-0.25, -0.2) is 4.98 Å². The second-order valence-electron chi connectivity index (χ2n) is 7.43. The molecule has 0 unspecified atom stereocenters. The van der Waals surface area contributed by atoms with Crippen LogP contribution in [0.1, 0.15) is 40.2 Å². The molecule has 0 aliphatic rings. The Labute approximate surface area is 156 Å². The number of benzene rings is 1. The average molecular weight is 354 g/mol. The number of hydrogen-bond donors (Lipinski definition) is 2. The molecule has 1 aromatic heterocycles. The molecule has 0 aliphatic heterocycles. The van der Waals surface area contributed by atoms with Gasteiger partial charge in [0.25, 0.3) is 0 Å². The lowest BCUT2D eigenvalue weighted by Gasteiger charge is -2.22. The average Bonchev–Trinajstić information content (AvgIpc) is 2.59. The molecule has 1 amide bonds. The largest absolute Gasteiger partial charge is 0.372 e. The topological polar surface area (TPSA) is 57.3 Å². The third-order valence-corrected chi connectivity index (χ3v) is 4.30. The summed E-state index contributed by atoms with van der Waals surface area (Å²) in [6.07, 6.45) is 1.67. The molecule has 0 atom stereocenters. The molecule has 0 spiro atoms. The van der Waals surface area contributed by atoms with E-state index in [4.69, 9.17) is 0 Å². The fourth-order valence-corrected chi connectivity index (χ4v) is 2.57. The Balaban J connectivity index is 2.08.